The molecule has 0 unspecified atom stereocenters. The number of aliphatic hydroxyl groups is 1. The SMILES string of the molecule is CO[C@H]1/C=C\CCN(C)C(=O)C[C@](O)(C(=O)NS(=O)(=O)N2CCOCC2)c2ccc3c(c2)N(C[C@@H]2CC[C@H]21)C[C@@]1(CCCc2cc(Cl)ccc21)CO3. The topological polar surface area (TPSA) is 138 Å². The molecular formula is C38H49ClN4O8S. The van der Waals surface area contributed by atoms with E-state index in [0.29, 0.717) is 55.0 Å². The van der Waals surface area contributed by atoms with Crippen LogP contribution in [-0.4, -0.2) is 107 Å². The van der Waals surface area contributed by atoms with Gasteiger partial charge in [0.05, 0.1) is 38.0 Å². The van der Waals surface area contributed by atoms with E-state index in [4.69, 9.17) is 25.8 Å². The number of ether oxygens (including phenoxy) is 3. The van der Waals surface area contributed by atoms with Gasteiger partial charge in [0.2, 0.25) is 5.91 Å². The van der Waals surface area contributed by atoms with Gasteiger partial charge in [-0.1, -0.05) is 35.9 Å². The number of methoxy groups -OCH3 is 1. The number of morpholine rings is 1. The third-order valence-electron chi connectivity index (χ3n) is 11.8. The Hall–Kier alpha value is -3.20. The number of aryl methyl sites for hydroxylation is 1. The second kappa shape index (κ2) is 14.9. The molecular weight excluding hydrogens is 708 g/mol. The van der Waals surface area contributed by atoms with Gasteiger partial charge in [0.15, 0.2) is 5.60 Å². The zero-order chi connectivity index (χ0) is 36.7. The zero-order valence-electron chi connectivity index (χ0n) is 29.9. The van der Waals surface area contributed by atoms with Gasteiger partial charge < -0.3 is 29.1 Å². The van der Waals surface area contributed by atoms with Crippen LogP contribution < -0.4 is 14.4 Å². The van der Waals surface area contributed by atoms with Gasteiger partial charge in [-0.15, -0.1) is 0 Å². The lowest BCUT2D eigenvalue weighted by Gasteiger charge is -2.46. The molecule has 2 N–H and O–H groups in total. The summed E-state index contributed by atoms with van der Waals surface area (Å²) in [4.78, 5) is 31.6. The van der Waals surface area contributed by atoms with E-state index in [9.17, 15) is 23.1 Å². The smallest absolute Gasteiger partial charge is 0.304 e. The van der Waals surface area contributed by atoms with Crippen LogP contribution in [0.15, 0.2) is 48.6 Å². The van der Waals surface area contributed by atoms with E-state index in [-0.39, 0.29) is 49.3 Å². The number of hydrogen-bond donors (Lipinski definition) is 2. The number of amides is 2. The lowest BCUT2D eigenvalue weighted by Crippen LogP contribution is -2.54. The molecule has 2 aromatic rings. The first-order chi connectivity index (χ1) is 24.9. The minimum Gasteiger partial charge on any atom is -0.490 e. The van der Waals surface area contributed by atoms with Crippen molar-refractivity contribution in [1.82, 2.24) is 13.9 Å². The average Bonchev–Trinajstić information content (AvgIpc) is 3.27. The molecule has 1 spiro atoms. The number of benzene rings is 2. The van der Waals surface area contributed by atoms with Crippen LogP contribution in [0.5, 0.6) is 5.75 Å². The Kier molecular flexibility index (Phi) is 10.6. The fourth-order valence-corrected chi connectivity index (χ4v) is 10.0. The van der Waals surface area contributed by atoms with Crippen molar-refractivity contribution >= 4 is 39.3 Å². The minimum absolute atomic E-state index is 0.0601. The van der Waals surface area contributed by atoms with Crippen molar-refractivity contribution in [3.8, 4) is 5.75 Å². The van der Waals surface area contributed by atoms with Gasteiger partial charge in [0.1, 0.15) is 5.75 Å². The summed E-state index contributed by atoms with van der Waals surface area (Å²) in [6.45, 7) is 2.55. The standard InChI is InChI=1S/C38H49ClN4O8S/c1-41-15-4-3-7-33(49-2)30-11-8-27(30)23-42-24-37(14-5-6-26-20-29(39)10-12-31(26)37)25-51-34-13-9-28(21-32(34)42)38(46,22-35(41)44)36(45)40-52(47,48)43-16-18-50-19-17-43/h3,7,9-10,12-13,20-21,27,30,33,46H,4-6,8,11,14-19,22-25H2,1-2H3,(H,40,45)/b7-3-/t27-,30+,33-,37-,38+/m0/s1. The van der Waals surface area contributed by atoms with Crippen molar-refractivity contribution in [3.05, 3.63) is 70.3 Å². The lowest BCUT2D eigenvalue weighted by molar-refractivity contribution is -0.148. The highest BCUT2D eigenvalue weighted by Gasteiger charge is 2.47. The van der Waals surface area contributed by atoms with E-state index in [0.717, 1.165) is 36.4 Å². The highest BCUT2D eigenvalue weighted by Crippen LogP contribution is 2.48. The van der Waals surface area contributed by atoms with E-state index in [1.165, 1.54) is 16.0 Å². The Bertz CT molecular complexity index is 1820. The number of nitrogens with one attached hydrogen (secondary N) is 1. The summed E-state index contributed by atoms with van der Waals surface area (Å²) < 4.78 is 47.9. The maximum absolute atomic E-state index is 14.1. The molecule has 0 radical (unpaired) electrons. The fraction of sp³-hybridized carbons (Fsp3) is 0.579. The molecule has 14 heteroatoms. The van der Waals surface area contributed by atoms with Crippen molar-refractivity contribution in [3.63, 3.8) is 0 Å². The van der Waals surface area contributed by atoms with Crippen LogP contribution in [0.4, 0.5) is 5.69 Å². The zero-order valence-corrected chi connectivity index (χ0v) is 31.5. The summed E-state index contributed by atoms with van der Waals surface area (Å²) in [7, 11) is -0.992. The van der Waals surface area contributed by atoms with Crippen LogP contribution in [0.25, 0.3) is 0 Å². The molecule has 5 aliphatic rings. The summed E-state index contributed by atoms with van der Waals surface area (Å²) in [6.07, 6.45) is 8.76. The van der Waals surface area contributed by atoms with Crippen LogP contribution >= 0.6 is 11.6 Å². The largest absolute Gasteiger partial charge is 0.490 e. The van der Waals surface area contributed by atoms with E-state index in [1.54, 1.807) is 32.4 Å². The third-order valence-corrected chi connectivity index (χ3v) is 13.6. The van der Waals surface area contributed by atoms with Crippen LogP contribution in [0.1, 0.15) is 55.2 Å². The Morgan fingerprint density at radius 3 is 2.67 bits per heavy atom. The highest BCUT2D eigenvalue weighted by atomic mass is 35.5. The molecule has 0 aromatic heterocycles. The molecule has 2 bridgehead atoms. The number of hydrogen-bond acceptors (Lipinski definition) is 9. The molecule has 2 aromatic carbocycles. The molecule has 2 amide bonds. The normalized spacial score (nSPS) is 30.7. The third kappa shape index (κ3) is 7.20. The van der Waals surface area contributed by atoms with E-state index >= 15 is 0 Å². The Morgan fingerprint density at radius 2 is 1.92 bits per heavy atom. The van der Waals surface area contributed by atoms with Crippen molar-refractivity contribution in [2.24, 2.45) is 11.8 Å². The lowest BCUT2D eigenvalue weighted by atomic mass is 9.68. The summed E-state index contributed by atoms with van der Waals surface area (Å²) >= 11 is 6.46. The predicted molar refractivity (Wildman–Crippen MR) is 197 cm³/mol. The minimum atomic E-state index is -4.34. The molecule has 1 saturated heterocycles. The number of halogens is 1. The van der Waals surface area contributed by atoms with E-state index in [1.807, 2.05) is 12.1 Å². The molecule has 5 atom stereocenters. The molecule has 2 fully saturated rings. The van der Waals surface area contributed by atoms with E-state index < -0.39 is 34.0 Å². The second-order valence-electron chi connectivity index (χ2n) is 15.0. The predicted octanol–water partition coefficient (Wildman–Crippen LogP) is 3.54. The van der Waals surface area contributed by atoms with Crippen molar-refractivity contribution in [2.75, 3.05) is 71.6 Å². The first kappa shape index (κ1) is 37.1. The molecule has 1 saturated carbocycles. The van der Waals surface area contributed by atoms with Gasteiger partial charge in [-0.25, -0.2) is 4.72 Å². The van der Waals surface area contributed by atoms with Crippen LogP contribution in [0, 0.1) is 11.8 Å². The molecule has 282 valence electrons. The molecule has 12 nitrogen and oxygen atoms in total. The Balaban J connectivity index is 1.32. The molecule has 7 rings (SSSR count). The summed E-state index contributed by atoms with van der Waals surface area (Å²) in [5.74, 6) is -0.532. The van der Waals surface area contributed by atoms with Crippen molar-refractivity contribution in [1.29, 1.82) is 0 Å². The van der Waals surface area contributed by atoms with Crippen LogP contribution in [0.3, 0.4) is 0 Å². The summed E-state index contributed by atoms with van der Waals surface area (Å²) in [5, 5.41) is 13.1. The van der Waals surface area contributed by atoms with Gasteiger partial charge in [-0.3, -0.25) is 9.59 Å². The maximum atomic E-state index is 14.1. The van der Waals surface area contributed by atoms with Crippen molar-refractivity contribution < 1.29 is 37.3 Å². The number of fused-ring (bicyclic) bond motifs is 4. The number of carbonyl (C=O) groups excluding carboxylic acids is 2. The number of anilines is 1. The fourth-order valence-electron chi connectivity index (χ4n) is 8.65. The first-order valence-corrected chi connectivity index (χ1v) is 20.1. The highest BCUT2D eigenvalue weighted by molar-refractivity contribution is 7.87. The van der Waals surface area contributed by atoms with Gasteiger partial charge in [-0.05, 0) is 91.3 Å². The Labute approximate surface area is 311 Å². The molecule has 3 heterocycles. The molecule has 2 aliphatic carbocycles. The quantitative estimate of drug-likeness (QED) is 0.449. The van der Waals surface area contributed by atoms with Gasteiger partial charge in [-0.2, -0.15) is 12.7 Å². The summed E-state index contributed by atoms with van der Waals surface area (Å²) in [6, 6.07) is 11.1. The van der Waals surface area contributed by atoms with Gasteiger partial charge in [0, 0.05) is 57.3 Å². The number of nitrogens with zero attached hydrogens (tertiary/aromatic N) is 3. The van der Waals surface area contributed by atoms with Crippen molar-refractivity contribution in [2.45, 2.75) is 62.1 Å². The second-order valence-corrected chi connectivity index (χ2v) is 17.1. The monoisotopic (exact) mass is 756 g/mol. The van der Waals surface area contributed by atoms with E-state index in [2.05, 4.69) is 27.8 Å². The van der Waals surface area contributed by atoms with Crippen LogP contribution in [0.2, 0.25) is 5.02 Å². The summed E-state index contributed by atoms with van der Waals surface area (Å²) in [5.41, 5.74) is 0.345. The average molecular weight is 757 g/mol. The number of rotatable bonds is 4. The maximum Gasteiger partial charge on any atom is 0.304 e. The van der Waals surface area contributed by atoms with Crippen LogP contribution in [-0.2, 0) is 46.7 Å². The van der Waals surface area contributed by atoms with Gasteiger partial charge >= 0.3 is 10.2 Å². The molecule has 52 heavy (non-hydrogen) atoms. The molecule has 3 aliphatic heterocycles. The first-order valence-electron chi connectivity index (χ1n) is 18.3. The Morgan fingerprint density at radius 1 is 1.12 bits per heavy atom. The number of carbonyl (C=O) groups is 2. The van der Waals surface area contributed by atoms with Gasteiger partial charge in [0.25, 0.3) is 5.91 Å².